The van der Waals surface area contributed by atoms with Gasteiger partial charge in [0.25, 0.3) is 20.2 Å². The van der Waals surface area contributed by atoms with E-state index in [9.17, 15) is 25.9 Å². The highest BCUT2D eigenvalue weighted by Gasteiger charge is 2.21. The Morgan fingerprint density at radius 1 is 0.935 bits per heavy atom. The summed E-state index contributed by atoms with van der Waals surface area (Å²) in [5.74, 6) is 0.0414. The van der Waals surface area contributed by atoms with Crippen LogP contribution in [0.15, 0.2) is 52.4 Å². The van der Waals surface area contributed by atoms with E-state index in [0.29, 0.717) is 5.69 Å². The van der Waals surface area contributed by atoms with Gasteiger partial charge in [0.15, 0.2) is 0 Å². The summed E-state index contributed by atoms with van der Waals surface area (Å²) in [6, 6.07) is 7.78. The van der Waals surface area contributed by atoms with Crippen LogP contribution in [0.1, 0.15) is 11.5 Å². The van der Waals surface area contributed by atoms with Crippen molar-refractivity contribution in [2.75, 3.05) is 10.6 Å². The third-order valence-corrected chi connectivity index (χ3v) is 5.55. The molecule has 0 aliphatic rings. The first-order valence-corrected chi connectivity index (χ1v) is 11.4. The lowest BCUT2D eigenvalue weighted by molar-refractivity contribution is 0.479. The molecule has 0 saturated carbocycles. The maximum Gasteiger partial charge on any atom is 0.296 e. The predicted molar refractivity (Wildman–Crippen MR) is 109 cm³/mol. The lowest BCUT2D eigenvalue weighted by Crippen LogP contribution is -2.13. The molecule has 3 aromatic rings. The van der Waals surface area contributed by atoms with E-state index in [1.54, 1.807) is 24.4 Å². The first-order chi connectivity index (χ1) is 14.6. The zero-order valence-electron chi connectivity index (χ0n) is 15.7. The molecule has 2 aromatic heterocycles. The van der Waals surface area contributed by atoms with Gasteiger partial charge >= 0.3 is 0 Å². The summed E-state index contributed by atoms with van der Waals surface area (Å²) < 4.78 is 64.8. The van der Waals surface area contributed by atoms with Gasteiger partial charge in [-0.15, -0.1) is 0 Å². The molecular formula is C16H17N7O6S2. The van der Waals surface area contributed by atoms with E-state index in [1.807, 2.05) is 0 Å². The lowest BCUT2D eigenvalue weighted by atomic mass is 10.3. The Bertz CT molecular complexity index is 1300. The highest BCUT2D eigenvalue weighted by atomic mass is 32.2. The van der Waals surface area contributed by atoms with E-state index >= 15 is 0 Å². The van der Waals surface area contributed by atoms with Crippen LogP contribution >= 0.6 is 0 Å². The molecule has 6 N–H and O–H groups in total. The molecule has 0 unspecified atom stereocenters. The molecule has 15 heteroatoms. The van der Waals surface area contributed by atoms with Crippen molar-refractivity contribution in [1.29, 1.82) is 0 Å². The van der Waals surface area contributed by atoms with Gasteiger partial charge in [-0.25, -0.2) is 0 Å². The van der Waals surface area contributed by atoms with Gasteiger partial charge in [-0.05, 0) is 30.3 Å². The van der Waals surface area contributed by atoms with Crippen molar-refractivity contribution in [3.63, 3.8) is 0 Å². The van der Waals surface area contributed by atoms with Crippen LogP contribution in [-0.2, 0) is 33.3 Å². The van der Waals surface area contributed by atoms with Crippen LogP contribution in [0.3, 0.4) is 0 Å². The summed E-state index contributed by atoms with van der Waals surface area (Å²) in [5, 5.41) is 5.44. The zero-order chi connectivity index (χ0) is 22.6. The highest BCUT2D eigenvalue weighted by Crippen LogP contribution is 2.27. The van der Waals surface area contributed by atoms with Crippen molar-refractivity contribution in [2.45, 2.75) is 22.9 Å². The molecule has 3 rings (SSSR count). The monoisotopic (exact) mass is 467 g/mol. The van der Waals surface area contributed by atoms with Crippen molar-refractivity contribution in [3.05, 3.63) is 54.1 Å². The van der Waals surface area contributed by atoms with E-state index in [4.69, 9.17) is 5.73 Å². The zero-order valence-corrected chi connectivity index (χ0v) is 17.3. The Hall–Kier alpha value is -3.24. The molecule has 0 radical (unpaired) electrons. The maximum atomic E-state index is 11.7. The lowest BCUT2D eigenvalue weighted by Gasteiger charge is -2.12. The van der Waals surface area contributed by atoms with E-state index in [2.05, 4.69) is 30.6 Å². The second kappa shape index (κ2) is 8.86. The van der Waals surface area contributed by atoms with Gasteiger partial charge in [-0.1, -0.05) is 6.07 Å². The number of anilines is 3. The topological polar surface area (TPSA) is 210 Å². The Morgan fingerprint density at radius 3 is 2.29 bits per heavy atom. The number of hydrogen-bond donors (Lipinski definition) is 5. The number of aromatic nitrogens is 4. The molecule has 0 fully saturated rings. The molecule has 2 heterocycles. The Morgan fingerprint density at radius 2 is 1.68 bits per heavy atom. The van der Waals surface area contributed by atoms with Crippen molar-refractivity contribution in [3.8, 4) is 0 Å². The maximum absolute atomic E-state index is 11.7. The third kappa shape index (κ3) is 5.89. The van der Waals surface area contributed by atoms with Gasteiger partial charge in [0, 0.05) is 6.20 Å². The second-order valence-corrected chi connectivity index (χ2v) is 8.82. The van der Waals surface area contributed by atoms with Crippen LogP contribution in [0.4, 0.5) is 17.6 Å². The van der Waals surface area contributed by atoms with Crippen LogP contribution in [0, 0.1) is 0 Å². The van der Waals surface area contributed by atoms with Crippen molar-refractivity contribution >= 4 is 37.8 Å². The van der Waals surface area contributed by atoms with Gasteiger partial charge in [-0.2, -0.15) is 31.8 Å². The van der Waals surface area contributed by atoms with Crippen LogP contribution in [0.5, 0.6) is 0 Å². The fourth-order valence-corrected chi connectivity index (χ4v) is 3.57. The summed E-state index contributed by atoms with van der Waals surface area (Å²) in [6.07, 6.45) is 1.61. The summed E-state index contributed by atoms with van der Waals surface area (Å²) in [4.78, 5) is 15.1. The summed E-state index contributed by atoms with van der Waals surface area (Å²) >= 11 is 0. The second-order valence-electron chi connectivity index (χ2n) is 6.01. The minimum Gasteiger partial charge on any atom is -0.348 e. The van der Waals surface area contributed by atoms with Gasteiger partial charge in [0.1, 0.15) is 10.7 Å². The third-order valence-electron chi connectivity index (χ3n) is 3.79. The molecule has 0 aliphatic carbocycles. The number of nitrogens with two attached hydrogens (primary N) is 1. The standard InChI is InChI=1S/C16H17N7O6S2/c17-8-14-21-15(19-9-10-3-1-2-6-18-10)23-16(22-14)20-12-7-11(30(24,25)26)4-5-13(12)31(27,28)29/h1-7H,8-9,17H2,(H,24,25,26)(H,27,28,29)(H2,19,20,21,22,23). The molecule has 31 heavy (non-hydrogen) atoms. The number of nitrogens with zero attached hydrogens (tertiary/aromatic N) is 4. The van der Waals surface area contributed by atoms with Gasteiger partial charge in [-0.3, -0.25) is 14.1 Å². The number of pyridine rings is 1. The van der Waals surface area contributed by atoms with Crippen molar-refractivity contribution < 1.29 is 25.9 Å². The fourth-order valence-electron chi connectivity index (χ4n) is 2.43. The Kier molecular flexibility index (Phi) is 6.42. The molecule has 164 valence electrons. The average Bonchev–Trinajstić information content (AvgIpc) is 2.71. The number of nitrogens with one attached hydrogen (secondary N) is 2. The Labute approximate surface area is 177 Å². The van der Waals surface area contributed by atoms with Gasteiger partial charge in [0.2, 0.25) is 11.9 Å². The molecule has 13 nitrogen and oxygen atoms in total. The van der Waals surface area contributed by atoms with Crippen molar-refractivity contribution in [1.82, 2.24) is 19.9 Å². The van der Waals surface area contributed by atoms with Crippen LogP contribution in [0.25, 0.3) is 0 Å². The molecule has 0 atom stereocenters. The van der Waals surface area contributed by atoms with Gasteiger partial charge < -0.3 is 16.4 Å². The largest absolute Gasteiger partial charge is 0.348 e. The summed E-state index contributed by atoms with van der Waals surface area (Å²) in [6.45, 7) is 0.189. The molecule has 0 aliphatic heterocycles. The first-order valence-electron chi connectivity index (χ1n) is 8.51. The molecule has 1 aromatic carbocycles. The van der Waals surface area contributed by atoms with E-state index in [-0.39, 0.29) is 36.5 Å². The van der Waals surface area contributed by atoms with E-state index in [1.165, 1.54) is 0 Å². The molecule has 0 saturated heterocycles. The van der Waals surface area contributed by atoms with E-state index in [0.717, 1.165) is 18.2 Å². The van der Waals surface area contributed by atoms with Crippen LogP contribution in [0.2, 0.25) is 0 Å². The normalized spacial score (nSPS) is 11.8. The molecular weight excluding hydrogens is 450 g/mol. The highest BCUT2D eigenvalue weighted by molar-refractivity contribution is 7.86. The summed E-state index contributed by atoms with van der Waals surface area (Å²) in [7, 11) is -9.40. The molecule has 0 amide bonds. The first kappa shape index (κ1) is 22.4. The number of hydrogen-bond acceptors (Lipinski definition) is 11. The average molecular weight is 467 g/mol. The Balaban J connectivity index is 1.97. The quantitative estimate of drug-likeness (QED) is 0.287. The minimum absolute atomic E-state index is 0.0777. The number of rotatable bonds is 8. The van der Waals surface area contributed by atoms with Crippen LogP contribution < -0.4 is 16.4 Å². The molecule has 0 bridgehead atoms. The number of benzene rings is 1. The SMILES string of the molecule is NCc1nc(NCc2ccccn2)nc(Nc2cc(S(=O)(=O)O)ccc2S(=O)(=O)O)n1. The minimum atomic E-state index is -4.75. The van der Waals surface area contributed by atoms with Crippen LogP contribution in [-0.4, -0.2) is 45.9 Å². The van der Waals surface area contributed by atoms with Gasteiger partial charge in [0.05, 0.1) is 29.4 Å². The summed E-state index contributed by atoms with van der Waals surface area (Å²) in [5.41, 5.74) is 5.91. The predicted octanol–water partition coefficient (Wildman–Crippen LogP) is 0.574. The van der Waals surface area contributed by atoms with Crippen molar-refractivity contribution in [2.24, 2.45) is 5.73 Å². The fraction of sp³-hybridized carbons (Fsp3) is 0.125. The smallest absolute Gasteiger partial charge is 0.296 e. The van der Waals surface area contributed by atoms with E-state index < -0.39 is 30.0 Å². The molecule has 0 spiro atoms.